The van der Waals surface area contributed by atoms with E-state index in [1.807, 2.05) is 0 Å². The van der Waals surface area contributed by atoms with Crippen molar-refractivity contribution < 1.29 is 24.0 Å². The highest BCUT2D eigenvalue weighted by molar-refractivity contribution is 7.75. The molecule has 0 N–H and O–H groups in total. The summed E-state index contributed by atoms with van der Waals surface area (Å²) in [5, 5.41) is 0. The van der Waals surface area contributed by atoms with Crippen LogP contribution >= 0.6 is 7.26 Å². The lowest BCUT2D eigenvalue weighted by molar-refractivity contribution is -0.00000664. The molecule has 0 bridgehead atoms. The van der Waals surface area contributed by atoms with Gasteiger partial charge in [-0.05, 0) is 39.5 Å². The Hall–Kier alpha value is 1.16. The Balaban J connectivity index is 0. The molecule has 0 aliphatic heterocycles. The SMILES string of the molecule is CCCCCCCCCCCC[P+](CC)(CC)CCCCCCCCCCCC.[I-]. The van der Waals surface area contributed by atoms with Gasteiger partial charge >= 0.3 is 0 Å². The Morgan fingerprint density at radius 3 is 0.800 bits per heavy atom. The molecule has 0 atom stereocenters. The maximum absolute atomic E-state index is 2.50. The molecule has 0 fully saturated rings. The zero-order chi connectivity index (χ0) is 21.5. The van der Waals surface area contributed by atoms with Gasteiger partial charge < -0.3 is 24.0 Å². The van der Waals surface area contributed by atoms with E-state index in [0.29, 0.717) is 0 Å². The van der Waals surface area contributed by atoms with Gasteiger partial charge in [-0.25, -0.2) is 0 Å². The molecule has 2 heteroatoms. The van der Waals surface area contributed by atoms with Crippen molar-refractivity contribution >= 4 is 7.26 Å². The summed E-state index contributed by atoms with van der Waals surface area (Å²) in [6.07, 6.45) is 35.8. The third-order valence-corrected chi connectivity index (χ3v) is 12.5. The number of hydrogen-bond acceptors (Lipinski definition) is 0. The number of rotatable bonds is 24. The molecule has 0 spiro atoms. The maximum Gasteiger partial charge on any atom is 0.0594 e. The van der Waals surface area contributed by atoms with Crippen molar-refractivity contribution in [3.63, 3.8) is 0 Å². The molecule has 0 saturated carbocycles. The number of halogens is 1. The average Bonchev–Trinajstić information content (AvgIpc) is 2.75. The van der Waals surface area contributed by atoms with Gasteiger partial charge in [0.2, 0.25) is 0 Å². The summed E-state index contributed by atoms with van der Waals surface area (Å²) in [5.41, 5.74) is 0. The quantitative estimate of drug-likeness (QED) is 0.0647. The highest BCUT2D eigenvalue weighted by atomic mass is 127. The standard InChI is InChI=1S/C28H60P.HI/c1-5-9-11-13-15-17-19-21-23-25-27-29(7-3,8-4)28-26-24-22-20-18-16-14-12-10-6-2;/h5-28H2,1-4H3;1H/q+1;/p-1. The third kappa shape index (κ3) is 21.0. The fourth-order valence-electron chi connectivity index (χ4n) is 4.84. The van der Waals surface area contributed by atoms with Crippen LogP contribution in [0.5, 0.6) is 0 Å². The summed E-state index contributed by atoms with van der Waals surface area (Å²) >= 11 is 0. The largest absolute Gasteiger partial charge is 1.00 e. The first-order valence-corrected chi connectivity index (χ1v) is 16.6. The van der Waals surface area contributed by atoms with Crippen LogP contribution in [0.1, 0.15) is 156 Å². The summed E-state index contributed by atoms with van der Waals surface area (Å²) in [7, 11) is -0.606. The van der Waals surface area contributed by atoms with Crippen molar-refractivity contribution in [2.45, 2.75) is 156 Å². The van der Waals surface area contributed by atoms with Crippen LogP contribution in [-0.2, 0) is 0 Å². The first kappa shape index (κ1) is 33.3. The summed E-state index contributed by atoms with van der Waals surface area (Å²) in [5.74, 6) is 0. The average molecular weight is 555 g/mol. The lowest BCUT2D eigenvalue weighted by atomic mass is 10.1. The lowest BCUT2D eigenvalue weighted by Gasteiger charge is -2.25. The molecule has 0 rings (SSSR count). The minimum Gasteiger partial charge on any atom is -1.00 e. The summed E-state index contributed by atoms with van der Waals surface area (Å²) in [6, 6.07) is 0. The zero-order valence-corrected chi connectivity index (χ0v) is 24.8. The van der Waals surface area contributed by atoms with Crippen molar-refractivity contribution in [3.8, 4) is 0 Å². The van der Waals surface area contributed by atoms with Crippen molar-refractivity contribution in [1.82, 2.24) is 0 Å². The molecule has 30 heavy (non-hydrogen) atoms. The van der Waals surface area contributed by atoms with Crippen LogP contribution < -0.4 is 24.0 Å². The second-order valence-electron chi connectivity index (χ2n) is 9.79. The van der Waals surface area contributed by atoms with Gasteiger partial charge in [0, 0.05) is 7.26 Å². The maximum atomic E-state index is 2.50. The van der Waals surface area contributed by atoms with Crippen LogP contribution in [0.15, 0.2) is 0 Å². The van der Waals surface area contributed by atoms with Gasteiger partial charge in [-0.2, -0.15) is 0 Å². The minimum atomic E-state index is -0.606. The molecule has 0 heterocycles. The topological polar surface area (TPSA) is 0 Å². The molecule has 0 nitrogen and oxygen atoms in total. The molecule has 0 saturated heterocycles. The third-order valence-electron chi connectivity index (χ3n) is 7.31. The first-order valence-electron chi connectivity index (χ1n) is 14.1. The molecule has 0 aromatic carbocycles. The van der Waals surface area contributed by atoms with Gasteiger partial charge in [0.1, 0.15) is 0 Å². The van der Waals surface area contributed by atoms with Crippen LogP contribution in [0.25, 0.3) is 0 Å². The van der Waals surface area contributed by atoms with Crippen LogP contribution in [0, 0.1) is 0 Å². The van der Waals surface area contributed by atoms with E-state index in [9.17, 15) is 0 Å². The second-order valence-corrected chi connectivity index (χ2v) is 14.6. The van der Waals surface area contributed by atoms with Crippen LogP contribution in [0.2, 0.25) is 0 Å². The van der Waals surface area contributed by atoms with Gasteiger partial charge in [-0.15, -0.1) is 0 Å². The predicted molar refractivity (Wildman–Crippen MR) is 141 cm³/mol. The monoisotopic (exact) mass is 554 g/mol. The summed E-state index contributed by atoms with van der Waals surface area (Å²) < 4.78 is 0. The molecule has 0 aliphatic rings. The number of unbranched alkanes of at least 4 members (excludes halogenated alkanes) is 18. The number of hydrogen-bond donors (Lipinski definition) is 0. The van der Waals surface area contributed by atoms with E-state index < -0.39 is 7.26 Å². The van der Waals surface area contributed by atoms with E-state index in [-0.39, 0.29) is 24.0 Å². The van der Waals surface area contributed by atoms with Gasteiger partial charge in [0.15, 0.2) is 0 Å². The van der Waals surface area contributed by atoms with Crippen molar-refractivity contribution in [2.24, 2.45) is 0 Å². The normalized spacial score (nSPS) is 11.6. The van der Waals surface area contributed by atoms with Gasteiger partial charge in [-0.1, -0.05) is 117 Å². The van der Waals surface area contributed by atoms with Crippen LogP contribution in [0.3, 0.4) is 0 Å². The molecule has 0 unspecified atom stereocenters. The van der Waals surface area contributed by atoms with Crippen molar-refractivity contribution in [3.05, 3.63) is 0 Å². The molecule has 0 radical (unpaired) electrons. The van der Waals surface area contributed by atoms with E-state index in [4.69, 9.17) is 0 Å². The Kier molecular flexibility index (Phi) is 29.3. The lowest BCUT2D eigenvalue weighted by Crippen LogP contribution is -3.00. The van der Waals surface area contributed by atoms with Gasteiger partial charge in [0.25, 0.3) is 0 Å². The smallest absolute Gasteiger partial charge is 0.0594 e. The van der Waals surface area contributed by atoms with Gasteiger partial charge in [0.05, 0.1) is 24.6 Å². The van der Waals surface area contributed by atoms with Crippen molar-refractivity contribution in [2.75, 3.05) is 24.6 Å². The second kappa shape index (κ2) is 26.4. The van der Waals surface area contributed by atoms with E-state index in [1.54, 1.807) is 12.3 Å². The predicted octanol–water partition coefficient (Wildman–Crippen LogP) is 7.89. The van der Waals surface area contributed by atoms with E-state index in [1.165, 1.54) is 141 Å². The van der Waals surface area contributed by atoms with E-state index >= 15 is 0 Å². The Bertz CT molecular complexity index is 275. The van der Waals surface area contributed by atoms with Crippen LogP contribution in [-0.4, -0.2) is 24.6 Å². The Morgan fingerprint density at radius 1 is 0.333 bits per heavy atom. The summed E-state index contributed by atoms with van der Waals surface area (Å²) in [6.45, 7) is 9.63. The van der Waals surface area contributed by atoms with E-state index in [2.05, 4.69) is 27.7 Å². The first-order chi connectivity index (χ1) is 14.2. The molecule has 0 aromatic rings. The van der Waals surface area contributed by atoms with E-state index in [0.717, 1.165) is 0 Å². The molecule has 0 aromatic heterocycles. The highest BCUT2D eigenvalue weighted by Gasteiger charge is 2.31. The van der Waals surface area contributed by atoms with Gasteiger partial charge in [-0.3, -0.25) is 0 Å². The minimum absolute atomic E-state index is 0. The Morgan fingerprint density at radius 2 is 0.567 bits per heavy atom. The molecule has 0 aliphatic carbocycles. The highest BCUT2D eigenvalue weighted by Crippen LogP contribution is 2.59. The summed E-state index contributed by atoms with van der Waals surface area (Å²) in [4.78, 5) is 0. The Labute approximate surface area is 211 Å². The molecular formula is C28H60IP. The fourth-order valence-corrected chi connectivity index (χ4v) is 8.56. The fraction of sp³-hybridized carbons (Fsp3) is 1.00. The molecule has 184 valence electrons. The zero-order valence-electron chi connectivity index (χ0n) is 21.8. The molecular weight excluding hydrogens is 494 g/mol. The van der Waals surface area contributed by atoms with Crippen LogP contribution in [0.4, 0.5) is 0 Å². The molecule has 0 amide bonds. The van der Waals surface area contributed by atoms with Crippen molar-refractivity contribution in [1.29, 1.82) is 0 Å².